The summed E-state index contributed by atoms with van der Waals surface area (Å²) in [7, 11) is 0. The fraction of sp³-hybridized carbons (Fsp3) is 0.0909. The molecule has 2 rings (SSSR count). The predicted molar refractivity (Wildman–Crippen MR) is 62.8 cm³/mol. The van der Waals surface area contributed by atoms with Crippen LogP contribution in [-0.4, -0.2) is 25.8 Å². The van der Waals surface area contributed by atoms with Gasteiger partial charge in [0, 0.05) is 6.07 Å². The van der Waals surface area contributed by atoms with Gasteiger partial charge in [0.1, 0.15) is 12.0 Å². The van der Waals surface area contributed by atoms with E-state index >= 15 is 0 Å². The molecule has 0 fully saturated rings. The molecule has 1 aromatic heterocycles. The van der Waals surface area contributed by atoms with E-state index in [0.29, 0.717) is 6.07 Å². The van der Waals surface area contributed by atoms with Gasteiger partial charge in [-0.2, -0.15) is 5.10 Å². The van der Waals surface area contributed by atoms with Crippen LogP contribution in [0.3, 0.4) is 0 Å². The molecular formula is C11H7F2N3O5. The van der Waals surface area contributed by atoms with E-state index in [1.54, 1.807) is 0 Å². The fourth-order valence-corrected chi connectivity index (χ4v) is 1.49. The van der Waals surface area contributed by atoms with Crippen LogP contribution in [0.4, 0.5) is 14.5 Å². The fourth-order valence-electron chi connectivity index (χ4n) is 1.49. The van der Waals surface area contributed by atoms with E-state index in [4.69, 9.17) is 9.84 Å². The average molecular weight is 299 g/mol. The van der Waals surface area contributed by atoms with Crippen molar-refractivity contribution in [3.8, 4) is 5.75 Å². The average Bonchev–Trinajstić information content (AvgIpc) is 2.82. The number of carbonyl (C=O) groups is 1. The Labute approximate surface area is 115 Å². The van der Waals surface area contributed by atoms with Crippen LogP contribution in [0.2, 0.25) is 0 Å². The van der Waals surface area contributed by atoms with Gasteiger partial charge in [-0.1, -0.05) is 0 Å². The minimum Gasteiger partial charge on any atom is -0.476 e. The van der Waals surface area contributed by atoms with Crippen molar-refractivity contribution in [1.29, 1.82) is 0 Å². The molecule has 0 atom stereocenters. The number of aromatic carboxylic acids is 1. The number of hydrogen-bond donors (Lipinski definition) is 1. The SMILES string of the molecule is O=C(O)c1nn(COc2ccc(F)cc2F)cc1[N+](=O)[O-]. The van der Waals surface area contributed by atoms with Gasteiger partial charge in [0.2, 0.25) is 5.69 Å². The Bertz CT molecular complexity index is 684. The minimum atomic E-state index is -1.58. The van der Waals surface area contributed by atoms with Gasteiger partial charge in [-0.3, -0.25) is 10.1 Å². The van der Waals surface area contributed by atoms with Gasteiger partial charge in [-0.15, -0.1) is 0 Å². The third-order valence-electron chi connectivity index (χ3n) is 2.39. The van der Waals surface area contributed by atoms with E-state index in [-0.39, 0.29) is 5.75 Å². The van der Waals surface area contributed by atoms with E-state index in [1.165, 1.54) is 0 Å². The second kappa shape index (κ2) is 5.53. The van der Waals surface area contributed by atoms with Crippen molar-refractivity contribution in [2.45, 2.75) is 6.73 Å². The molecule has 1 N–H and O–H groups in total. The summed E-state index contributed by atoms with van der Waals surface area (Å²) in [4.78, 5) is 20.5. The molecule has 110 valence electrons. The summed E-state index contributed by atoms with van der Waals surface area (Å²) in [5.41, 5.74) is -1.48. The summed E-state index contributed by atoms with van der Waals surface area (Å²) >= 11 is 0. The highest BCUT2D eigenvalue weighted by atomic mass is 19.1. The molecule has 0 spiro atoms. The van der Waals surface area contributed by atoms with Crippen molar-refractivity contribution in [1.82, 2.24) is 9.78 Å². The number of rotatable bonds is 5. The van der Waals surface area contributed by atoms with E-state index in [2.05, 4.69) is 5.10 Å². The van der Waals surface area contributed by atoms with E-state index in [0.717, 1.165) is 23.0 Å². The summed E-state index contributed by atoms with van der Waals surface area (Å²) in [5, 5.41) is 22.9. The van der Waals surface area contributed by atoms with Crippen LogP contribution in [0.15, 0.2) is 24.4 Å². The second-order valence-corrected chi connectivity index (χ2v) is 3.81. The van der Waals surface area contributed by atoms with E-state index in [9.17, 15) is 23.7 Å². The molecule has 21 heavy (non-hydrogen) atoms. The second-order valence-electron chi connectivity index (χ2n) is 3.81. The van der Waals surface area contributed by atoms with Gasteiger partial charge >= 0.3 is 11.7 Å². The molecule has 0 amide bonds. The van der Waals surface area contributed by atoms with Gasteiger partial charge in [0.25, 0.3) is 0 Å². The van der Waals surface area contributed by atoms with E-state index in [1.807, 2.05) is 0 Å². The highest BCUT2D eigenvalue weighted by Crippen LogP contribution is 2.20. The Hall–Kier alpha value is -3.04. The molecule has 10 heteroatoms. The summed E-state index contributed by atoms with van der Waals surface area (Å²) in [6.45, 7) is -0.476. The Kier molecular flexibility index (Phi) is 3.78. The number of aromatic nitrogens is 2. The normalized spacial score (nSPS) is 10.4. The number of ether oxygens (including phenoxy) is 1. The lowest BCUT2D eigenvalue weighted by Gasteiger charge is -2.06. The molecule has 0 unspecified atom stereocenters. The largest absolute Gasteiger partial charge is 0.476 e. The highest BCUT2D eigenvalue weighted by Gasteiger charge is 2.25. The number of nitrogens with zero attached hydrogens (tertiary/aromatic N) is 3. The van der Waals surface area contributed by atoms with Crippen LogP contribution in [0.5, 0.6) is 5.75 Å². The van der Waals surface area contributed by atoms with Crippen molar-refractivity contribution in [3.05, 3.63) is 51.8 Å². The number of benzene rings is 1. The first kappa shape index (κ1) is 14.4. The van der Waals surface area contributed by atoms with Crippen LogP contribution in [0.1, 0.15) is 10.5 Å². The van der Waals surface area contributed by atoms with Crippen LogP contribution in [-0.2, 0) is 6.73 Å². The number of carboxylic acids is 1. The van der Waals surface area contributed by atoms with Crippen LogP contribution >= 0.6 is 0 Å². The number of hydrogen-bond acceptors (Lipinski definition) is 5. The lowest BCUT2D eigenvalue weighted by atomic mass is 10.3. The zero-order valence-electron chi connectivity index (χ0n) is 10.2. The van der Waals surface area contributed by atoms with Gasteiger partial charge in [0.15, 0.2) is 18.3 Å². The third-order valence-corrected chi connectivity index (χ3v) is 2.39. The van der Waals surface area contributed by atoms with E-state index < -0.39 is 40.6 Å². The highest BCUT2D eigenvalue weighted by molar-refractivity contribution is 5.89. The molecule has 2 aromatic rings. The van der Waals surface area contributed by atoms with Crippen molar-refractivity contribution < 1.29 is 28.3 Å². The maximum Gasteiger partial charge on any atom is 0.363 e. The Balaban J connectivity index is 2.18. The predicted octanol–water partition coefficient (Wildman–Crippen LogP) is 1.80. The lowest BCUT2D eigenvalue weighted by Crippen LogP contribution is -2.08. The molecule has 1 heterocycles. The third kappa shape index (κ3) is 3.11. The van der Waals surface area contributed by atoms with Crippen molar-refractivity contribution >= 4 is 11.7 Å². The first-order chi connectivity index (χ1) is 9.88. The molecule has 0 saturated carbocycles. The quantitative estimate of drug-likeness (QED) is 0.666. The molecule has 0 aliphatic carbocycles. The molecule has 0 bridgehead atoms. The molecule has 0 saturated heterocycles. The van der Waals surface area contributed by atoms with Crippen molar-refractivity contribution in [2.75, 3.05) is 0 Å². The Morgan fingerprint density at radius 2 is 2.19 bits per heavy atom. The maximum atomic E-state index is 13.3. The Morgan fingerprint density at radius 1 is 1.48 bits per heavy atom. The zero-order valence-corrected chi connectivity index (χ0v) is 10.2. The summed E-state index contributed by atoms with van der Waals surface area (Å²) < 4.78 is 31.8. The lowest BCUT2D eigenvalue weighted by molar-refractivity contribution is -0.385. The smallest absolute Gasteiger partial charge is 0.363 e. The molecule has 0 radical (unpaired) electrons. The van der Waals surface area contributed by atoms with Crippen LogP contribution in [0.25, 0.3) is 0 Å². The molecule has 0 aliphatic heterocycles. The minimum absolute atomic E-state index is 0.300. The molecular weight excluding hydrogens is 292 g/mol. The van der Waals surface area contributed by atoms with Crippen molar-refractivity contribution in [3.63, 3.8) is 0 Å². The molecule has 8 nitrogen and oxygen atoms in total. The topological polar surface area (TPSA) is 107 Å². The monoisotopic (exact) mass is 299 g/mol. The van der Waals surface area contributed by atoms with Crippen LogP contribution in [0, 0.1) is 21.7 Å². The maximum absolute atomic E-state index is 13.3. The van der Waals surface area contributed by atoms with Crippen LogP contribution < -0.4 is 4.74 Å². The Morgan fingerprint density at radius 3 is 2.71 bits per heavy atom. The summed E-state index contributed by atoms with van der Waals surface area (Å²) in [6.07, 6.45) is 0.838. The number of halogens is 2. The van der Waals surface area contributed by atoms with Gasteiger partial charge < -0.3 is 9.84 Å². The summed E-state index contributed by atoms with van der Waals surface area (Å²) in [6, 6.07) is 2.59. The standard InChI is InChI=1S/C11H7F2N3O5/c12-6-1-2-9(7(13)3-6)21-5-15-4-8(16(19)20)10(14-15)11(17)18/h1-4H,5H2,(H,17,18). The zero-order chi connectivity index (χ0) is 15.6. The number of carboxylic acid groups (broad SMARTS) is 1. The molecule has 0 aliphatic rings. The van der Waals surface area contributed by atoms with Gasteiger partial charge in [-0.25, -0.2) is 18.3 Å². The van der Waals surface area contributed by atoms with Gasteiger partial charge in [0.05, 0.1) is 4.92 Å². The first-order valence-electron chi connectivity index (χ1n) is 5.41. The summed E-state index contributed by atoms with van der Waals surface area (Å²) in [5.74, 6) is -3.63. The first-order valence-corrected chi connectivity index (χ1v) is 5.41. The number of nitro groups is 1. The molecule has 1 aromatic carbocycles. The van der Waals surface area contributed by atoms with Crippen molar-refractivity contribution in [2.24, 2.45) is 0 Å². The van der Waals surface area contributed by atoms with Gasteiger partial charge in [-0.05, 0) is 12.1 Å².